The standard InChI is InChI=1S/C24H15Br2N5OS/c25-16-9-5-14(6-10-16)21-22(15-7-11-17(26)12-8-15)30-31-24(29-21)33-13-20-27-19-4-2-1-3-18(19)23(32)28-20/h1-12H,13H2,(H,27,28,32). The number of aromatic amines is 1. The van der Waals surface area contributed by atoms with E-state index in [-0.39, 0.29) is 5.56 Å². The second-order valence-corrected chi connectivity index (χ2v) is 9.90. The van der Waals surface area contributed by atoms with Gasteiger partial charge in [0.25, 0.3) is 5.56 Å². The zero-order valence-electron chi connectivity index (χ0n) is 17.0. The molecule has 0 radical (unpaired) electrons. The number of aromatic nitrogens is 5. The molecular weight excluding hydrogens is 566 g/mol. The maximum Gasteiger partial charge on any atom is 0.258 e. The van der Waals surface area contributed by atoms with Crippen molar-refractivity contribution in [3.8, 4) is 22.5 Å². The van der Waals surface area contributed by atoms with Gasteiger partial charge in [0.05, 0.1) is 16.7 Å². The molecule has 0 amide bonds. The van der Waals surface area contributed by atoms with E-state index in [1.54, 1.807) is 6.07 Å². The average Bonchev–Trinajstić information content (AvgIpc) is 2.84. The first-order valence-corrected chi connectivity index (χ1v) is 12.5. The quantitative estimate of drug-likeness (QED) is 0.247. The van der Waals surface area contributed by atoms with Crippen molar-refractivity contribution in [3.05, 3.63) is 97.9 Å². The first-order valence-electron chi connectivity index (χ1n) is 9.94. The van der Waals surface area contributed by atoms with Crippen molar-refractivity contribution in [1.29, 1.82) is 0 Å². The van der Waals surface area contributed by atoms with Crippen LogP contribution in [0.3, 0.4) is 0 Å². The van der Waals surface area contributed by atoms with Crippen LogP contribution in [-0.4, -0.2) is 25.1 Å². The van der Waals surface area contributed by atoms with Gasteiger partial charge in [-0.3, -0.25) is 4.79 Å². The summed E-state index contributed by atoms with van der Waals surface area (Å²) in [5, 5.41) is 9.92. The summed E-state index contributed by atoms with van der Waals surface area (Å²) in [4.78, 5) is 24.6. The highest BCUT2D eigenvalue weighted by Crippen LogP contribution is 2.31. The van der Waals surface area contributed by atoms with Crippen LogP contribution in [0.25, 0.3) is 33.4 Å². The van der Waals surface area contributed by atoms with Crippen LogP contribution in [0.1, 0.15) is 5.82 Å². The third kappa shape index (κ3) is 4.90. The Morgan fingerprint density at radius 3 is 2.09 bits per heavy atom. The van der Waals surface area contributed by atoms with E-state index in [0.717, 1.165) is 25.8 Å². The first-order chi connectivity index (χ1) is 16.1. The van der Waals surface area contributed by atoms with Gasteiger partial charge in [0, 0.05) is 20.1 Å². The van der Waals surface area contributed by atoms with Crippen molar-refractivity contribution in [2.24, 2.45) is 0 Å². The number of hydrogen-bond acceptors (Lipinski definition) is 6. The maximum absolute atomic E-state index is 12.3. The van der Waals surface area contributed by atoms with Gasteiger partial charge in [-0.05, 0) is 36.4 Å². The van der Waals surface area contributed by atoms with Gasteiger partial charge in [0.2, 0.25) is 5.16 Å². The molecule has 0 aliphatic rings. The summed E-state index contributed by atoms with van der Waals surface area (Å²) in [5.74, 6) is 0.980. The third-order valence-corrected chi connectivity index (χ3v) is 6.81. The summed E-state index contributed by atoms with van der Waals surface area (Å²) in [6.07, 6.45) is 0. The molecule has 9 heteroatoms. The van der Waals surface area contributed by atoms with Gasteiger partial charge in [0.15, 0.2) is 0 Å². The molecule has 5 aromatic rings. The Labute approximate surface area is 210 Å². The van der Waals surface area contributed by atoms with Crippen molar-refractivity contribution in [1.82, 2.24) is 25.1 Å². The van der Waals surface area contributed by atoms with E-state index in [1.807, 2.05) is 66.7 Å². The van der Waals surface area contributed by atoms with Crippen LogP contribution >= 0.6 is 43.6 Å². The average molecular weight is 581 g/mol. The Morgan fingerprint density at radius 2 is 1.39 bits per heavy atom. The highest BCUT2D eigenvalue weighted by Gasteiger charge is 2.15. The van der Waals surface area contributed by atoms with Gasteiger partial charge < -0.3 is 4.98 Å². The second-order valence-electron chi connectivity index (χ2n) is 7.12. The molecule has 0 saturated heterocycles. The topological polar surface area (TPSA) is 84.4 Å². The highest BCUT2D eigenvalue weighted by atomic mass is 79.9. The van der Waals surface area contributed by atoms with E-state index in [9.17, 15) is 4.79 Å². The van der Waals surface area contributed by atoms with Crippen molar-refractivity contribution in [2.45, 2.75) is 10.9 Å². The zero-order valence-corrected chi connectivity index (χ0v) is 21.0. The minimum absolute atomic E-state index is 0.156. The Morgan fingerprint density at radius 1 is 0.758 bits per heavy atom. The van der Waals surface area contributed by atoms with E-state index in [2.05, 4.69) is 52.0 Å². The lowest BCUT2D eigenvalue weighted by Gasteiger charge is -2.10. The molecule has 0 saturated carbocycles. The van der Waals surface area contributed by atoms with Gasteiger partial charge in [-0.2, -0.15) is 0 Å². The largest absolute Gasteiger partial charge is 0.309 e. The fourth-order valence-corrected chi connectivity index (χ4v) is 4.51. The molecule has 0 spiro atoms. The Bertz CT molecular complexity index is 1500. The van der Waals surface area contributed by atoms with E-state index in [4.69, 9.17) is 4.98 Å². The smallest absolute Gasteiger partial charge is 0.258 e. The molecule has 3 aromatic carbocycles. The Balaban J connectivity index is 1.49. The SMILES string of the molecule is O=c1[nH]c(CSc2nnc(-c3ccc(Br)cc3)c(-c3ccc(Br)cc3)n2)nc2ccccc12. The predicted molar refractivity (Wildman–Crippen MR) is 138 cm³/mol. The minimum atomic E-state index is -0.156. The van der Waals surface area contributed by atoms with Crippen LogP contribution in [0.15, 0.2) is 91.7 Å². The molecule has 0 bridgehead atoms. The molecular formula is C24H15Br2N5OS. The lowest BCUT2D eigenvalue weighted by molar-refractivity contribution is 0.848. The van der Waals surface area contributed by atoms with Crippen molar-refractivity contribution >= 4 is 54.5 Å². The molecule has 2 heterocycles. The fraction of sp³-hybridized carbons (Fsp3) is 0.0417. The van der Waals surface area contributed by atoms with Gasteiger partial charge in [-0.25, -0.2) is 9.97 Å². The van der Waals surface area contributed by atoms with E-state index < -0.39 is 0 Å². The highest BCUT2D eigenvalue weighted by molar-refractivity contribution is 9.10. The summed E-state index contributed by atoms with van der Waals surface area (Å²) in [5.41, 5.74) is 3.81. The first kappa shape index (κ1) is 21.9. The molecule has 6 nitrogen and oxygen atoms in total. The summed E-state index contributed by atoms with van der Waals surface area (Å²) in [6.45, 7) is 0. The molecule has 2 aromatic heterocycles. The zero-order chi connectivity index (χ0) is 22.8. The van der Waals surface area contributed by atoms with E-state index >= 15 is 0 Å². The number of thioether (sulfide) groups is 1. The van der Waals surface area contributed by atoms with Crippen LogP contribution in [0.4, 0.5) is 0 Å². The molecule has 5 rings (SSSR count). The lowest BCUT2D eigenvalue weighted by atomic mass is 10.0. The van der Waals surface area contributed by atoms with Gasteiger partial charge in [0.1, 0.15) is 17.2 Å². The Hall–Kier alpha value is -2.88. The summed E-state index contributed by atoms with van der Waals surface area (Å²) in [7, 11) is 0. The molecule has 0 unspecified atom stereocenters. The number of para-hydroxylation sites is 1. The third-order valence-electron chi connectivity index (χ3n) is 4.90. The number of H-pyrrole nitrogens is 1. The molecule has 0 aliphatic carbocycles. The van der Waals surface area contributed by atoms with Crippen molar-refractivity contribution < 1.29 is 0 Å². The number of halogens is 2. The number of hydrogen-bond donors (Lipinski definition) is 1. The van der Waals surface area contributed by atoms with E-state index in [1.165, 1.54) is 11.8 Å². The maximum atomic E-state index is 12.3. The van der Waals surface area contributed by atoms with Gasteiger partial charge >= 0.3 is 0 Å². The fourth-order valence-electron chi connectivity index (χ4n) is 3.32. The Kier molecular flexibility index (Phi) is 6.34. The normalized spacial score (nSPS) is 11.1. The van der Waals surface area contributed by atoms with Crippen molar-refractivity contribution in [2.75, 3.05) is 0 Å². The predicted octanol–water partition coefficient (Wildman–Crippen LogP) is 6.26. The van der Waals surface area contributed by atoms with Crippen LogP contribution in [0.5, 0.6) is 0 Å². The number of rotatable bonds is 5. The van der Waals surface area contributed by atoms with Gasteiger partial charge in [-0.1, -0.05) is 80.0 Å². The lowest BCUT2D eigenvalue weighted by Crippen LogP contribution is -2.11. The number of nitrogens with zero attached hydrogens (tertiary/aromatic N) is 4. The van der Waals surface area contributed by atoms with Crippen LogP contribution in [0.2, 0.25) is 0 Å². The van der Waals surface area contributed by atoms with E-state index in [0.29, 0.717) is 33.3 Å². The molecule has 0 fully saturated rings. The molecule has 33 heavy (non-hydrogen) atoms. The van der Waals surface area contributed by atoms with Crippen LogP contribution < -0.4 is 5.56 Å². The monoisotopic (exact) mass is 579 g/mol. The van der Waals surface area contributed by atoms with Crippen LogP contribution in [-0.2, 0) is 5.75 Å². The second kappa shape index (κ2) is 9.54. The molecule has 1 N–H and O–H groups in total. The molecule has 0 atom stereocenters. The number of benzene rings is 3. The molecule has 162 valence electrons. The summed E-state index contributed by atoms with van der Waals surface area (Å²) in [6, 6.07) is 23.1. The summed E-state index contributed by atoms with van der Waals surface area (Å²) < 4.78 is 1.97. The number of fused-ring (bicyclic) bond motifs is 1. The van der Waals surface area contributed by atoms with Crippen LogP contribution in [0, 0.1) is 0 Å². The van der Waals surface area contributed by atoms with Gasteiger partial charge in [-0.15, -0.1) is 10.2 Å². The van der Waals surface area contributed by atoms with Crippen molar-refractivity contribution in [3.63, 3.8) is 0 Å². The summed E-state index contributed by atoms with van der Waals surface area (Å²) >= 11 is 8.33. The molecule has 0 aliphatic heterocycles. The minimum Gasteiger partial charge on any atom is -0.309 e. The number of nitrogens with one attached hydrogen (secondary N) is 1.